The molecular weight excluding hydrogens is 294 g/mol. The van der Waals surface area contributed by atoms with Crippen LogP contribution in [0.5, 0.6) is 5.75 Å². The van der Waals surface area contributed by atoms with E-state index in [1.807, 2.05) is 13.8 Å². The number of ether oxygens (including phenoxy) is 2. The van der Waals surface area contributed by atoms with E-state index in [2.05, 4.69) is 4.98 Å². The number of aromatic nitrogens is 1. The first-order chi connectivity index (χ1) is 10.1. The van der Waals surface area contributed by atoms with Gasteiger partial charge < -0.3 is 14.6 Å². The zero-order valence-corrected chi connectivity index (χ0v) is 12.8. The summed E-state index contributed by atoms with van der Waals surface area (Å²) >= 11 is 5.98. The zero-order chi connectivity index (χ0) is 15.7. The lowest BCUT2D eigenvalue weighted by Crippen LogP contribution is -2.09. The smallest absolute Gasteiger partial charge is 0.341 e. The maximum Gasteiger partial charge on any atom is 0.341 e. The molecule has 0 aliphatic carbocycles. The van der Waals surface area contributed by atoms with Crippen LogP contribution in [-0.2, 0) is 9.53 Å². The monoisotopic (exact) mass is 311 g/mol. The van der Waals surface area contributed by atoms with Crippen LogP contribution in [0.25, 0.3) is 10.9 Å². The summed E-state index contributed by atoms with van der Waals surface area (Å²) in [6.45, 7) is 5.27. The molecule has 21 heavy (non-hydrogen) atoms. The first-order valence-corrected chi connectivity index (χ1v) is 6.93. The van der Waals surface area contributed by atoms with Gasteiger partial charge in [0.05, 0.1) is 5.02 Å². The Morgan fingerprint density at radius 2 is 2.00 bits per heavy atom. The molecule has 1 aromatic heterocycles. The van der Waals surface area contributed by atoms with Crippen molar-refractivity contribution in [3.05, 3.63) is 35.5 Å². The van der Waals surface area contributed by atoms with Gasteiger partial charge in [0.15, 0.2) is 6.61 Å². The van der Waals surface area contributed by atoms with E-state index in [9.17, 15) is 4.79 Å². The zero-order valence-electron chi connectivity index (χ0n) is 12.0. The van der Waals surface area contributed by atoms with Crippen LogP contribution < -0.4 is 4.74 Å². The van der Waals surface area contributed by atoms with Gasteiger partial charge in [-0.2, -0.15) is 0 Å². The molecule has 0 saturated heterocycles. The average Bonchev–Trinajstić information content (AvgIpc) is 2.48. The highest BCUT2D eigenvalue weighted by Crippen LogP contribution is 2.29. The van der Waals surface area contributed by atoms with Crippen molar-refractivity contribution in [1.82, 2.24) is 4.98 Å². The van der Waals surface area contributed by atoms with Crippen molar-refractivity contribution in [2.75, 3.05) is 19.8 Å². The summed E-state index contributed by atoms with van der Waals surface area (Å²) < 4.78 is 9.95. The fourth-order valence-corrected chi connectivity index (χ4v) is 1.79. The van der Waals surface area contributed by atoms with E-state index in [0.29, 0.717) is 16.3 Å². The van der Waals surface area contributed by atoms with Crippen LogP contribution in [0.3, 0.4) is 0 Å². The molecule has 1 heterocycles. The van der Waals surface area contributed by atoms with Crippen molar-refractivity contribution in [2.45, 2.75) is 13.8 Å². The predicted octanol–water partition coefficient (Wildman–Crippen LogP) is 3.39. The van der Waals surface area contributed by atoms with Crippen molar-refractivity contribution in [3.8, 4) is 5.75 Å². The summed E-state index contributed by atoms with van der Waals surface area (Å²) in [6, 6.07) is 6.83. The van der Waals surface area contributed by atoms with E-state index in [0.717, 1.165) is 18.6 Å². The Balaban J connectivity index is 0.000000383. The van der Waals surface area contributed by atoms with Crippen LogP contribution in [0.15, 0.2) is 30.5 Å². The Kier molecular flexibility index (Phi) is 7.50. The summed E-state index contributed by atoms with van der Waals surface area (Å²) in [5.41, 5.74) is 0.566. The standard InChI is InChI=1S/C11H8ClNO3.C4H10O/c12-8-3-4-9(16-6-10(14)15)11-7(8)2-1-5-13-11;1-3-5-4-2/h1-5H,6H2,(H,14,15);3-4H2,1-2H3. The van der Waals surface area contributed by atoms with E-state index in [-0.39, 0.29) is 0 Å². The van der Waals surface area contributed by atoms with Crippen LogP contribution in [-0.4, -0.2) is 35.9 Å². The van der Waals surface area contributed by atoms with Crippen LogP contribution in [0.2, 0.25) is 5.02 Å². The maximum absolute atomic E-state index is 10.4. The SMILES string of the molecule is CCOCC.O=C(O)COc1ccc(Cl)c2cccnc12. The number of benzene rings is 1. The molecule has 1 aromatic carbocycles. The quantitative estimate of drug-likeness (QED) is 0.916. The summed E-state index contributed by atoms with van der Waals surface area (Å²) in [4.78, 5) is 14.5. The molecule has 0 radical (unpaired) electrons. The van der Waals surface area contributed by atoms with Crippen LogP contribution in [0.1, 0.15) is 13.8 Å². The number of aliphatic carboxylic acids is 1. The Morgan fingerprint density at radius 3 is 2.57 bits per heavy atom. The third-order valence-electron chi connectivity index (χ3n) is 2.44. The van der Waals surface area contributed by atoms with Gasteiger partial charge in [-0.15, -0.1) is 0 Å². The first kappa shape index (κ1) is 17.2. The van der Waals surface area contributed by atoms with Gasteiger partial charge in [-0.25, -0.2) is 4.79 Å². The number of carbonyl (C=O) groups is 1. The predicted molar refractivity (Wildman–Crippen MR) is 82.1 cm³/mol. The van der Waals surface area contributed by atoms with Gasteiger partial charge >= 0.3 is 5.97 Å². The van der Waals surface area contributed by atoms with Crippen molar-refractivity contribution >= 4 is 28.5 Å². The summed E-state index contributed by atoms with van der Waals surface area (Å²) in [7, 11) is 0. The molecule has 0 bridgehead atoms. The van der Waals surface area contributed by atoms with Gasteiger partial charge in [0.1, 0.15) is 11.3 Å². The highest BCUT2D eigenvalue weighted by Gasteiger charge is 2.07. The first-order valence-electron chi connectivity index (χ1n) is 6.55. The normalized spacial score (nSPS) is 9.86. The molecule has 0 atom stereocenters. The van der Waals surface area contributed by atoms with E-state index in [1.165, 1.54) is 0 Å². The molecule has 6 heteroatoms. The average molecular weight is 312 g/mol. The number of fused-ring (bicyclic) bond motifs is 1. The second-order valence-electron chi connectivity index (χ2n) is 3.91. The van der Waals surface area contributed by atoms with Gasteiger partial charge in [0.2, 0.25) is 0 Å². The Morgan fingerprint density at radius 1 is 1.29 bits per heavy atom. The van der Waals surface area contributed by atoms with Gasteiger partial charge in [0.25, 0.3) is 0 Å². The fraction of sp³-hybridized carbons (Fsp3) is 0.333. The van der Waals surface area contributed by atoms with Crippen LogP contribution in [0, 0.1) is 0 Å². The second-order valence-corrected chi connectivity index (χ2v) is 4.32. The molecule has 0 aliphatic heterocycles. The largest absolute Gasteiger partial charge is 0.480 e. The third kappa shape index (κ3) is 5.57. The Bertz CT molecular complexity index is 587. The molecule has 2 aromatic rings. The van der Waals surface area contributed by atoms with Crippen molar-refractivity contribution < 1.29 is 19.4 Å². The highest BCUT2D eigenvalue weighted by atomic mass is 35.5. The van der Waals surface area contributed by atoms with Gasteiger partial charge in [-0.1, -0.05) is 11.6 Å². The minimum absolute atomic E-state index is 0.396. The minimum atomic E-state index is -1.03. The molecule has 0 saturated carbocycles. The number of pyridine rings is 1. The van der Waals surface area contributed by atoms with Crippen molar-refractivity contribution in [3.63, 3.8) is 0 Å². The summed E-state index contributed by atoms with van der Waals surface area (Å²) in [6.07, 6.45) is 1.60. The topological polar surface area (TPSA) is 68.7 Å². The number of halogens is 1. The molecule has 114 valence electrons. The number of hydrogen-bond acceptors (Lipinski definition) is 4. The van der Waals surface area contributed by atoms with Gasteiger partial charge in [-0.05, 0) is 38.1 Å². The number of nitrogens with zero attached hydrogens (tertiary/aromatic N) is 1. The van der Waals surface area contributed by atoms with Crippen molar-refractivity contribution in [1.29, 1.82) is 0 Å². The third-order valence-corrected chi connectivity index (χ3v) is 2.77. The van der Waals surface area contributed by atoms with Crippen LogP contribution >= 0.6 is 11.6 Å². The van der Waals surface area contributed by atoms with Gasteiger partial charge in [0, 0.05) is 24.8 Å². The molecule has 0 spiro atoms. The van der Waals surface area contributed by atoms with E-state index < -0.39 is 12.6 Å². The fourth-order valence-electron chi connectivity index (χ4n) is 1.57. The molecule has 1 N–H and O–H groups in total. The summed E-state index contributed by atoms with van der Waals surface area (Å²) in [5, 5.41) is 9.83. The lowest BCUT2D eigenvalue weighted by molar-refractivity contribution is -0.139. The van der Waals surface area contributed by atoms with E-state index in [1.54, 1.807) is 30.5 Å². The Labute approximate surface area is 128 Å². The molecule has 0 amide bonds. The maximum atomic E-state index is 10.4. The molecule has 2 rings (SSSR count). The molecule has 0 fully saturated rings. The van der Waals surface area contributed by atoms with E-state index in [4.69, 9.17) is 26.2 Å². The second kappa shape index (κ2) is 9.15. The summed E-state index contributed by atoms with van der Waals surface area (Å²) in [5.74, 6) is -0.610. The lowest BCUT2D eigenvalue weighted by Gasteiger charge is -2.07. The number of rotatable bonds is 5. The molecule has 5 nitrogen and oxygen atoms in total. The lowest BCUT2D eigenvalue weighted by atomic mass is 10.2. The van der Waals surface area contributed by atoms with Gasteiger partial charge in [-0.3, -0.25) is 4.98 Å². The Hall–Kier alpha value is -1.85. The molecular formula is C15H18ClNO4. The number of hydrogen-bond donors (Lipinski definition) is 1. The van der Waals surface area contributed by atoms with E-state index >= 15 is 0 Å². The number of carboxylic acid groups (broad SMARTS) is 1. The molecule has 0 aliphatic rings. The van der Waals surface area contributed by atoms with Crippen LogP contribution in [0.4, 0.5) is 0 Å². The highest BCUT2D eigenvalue weighted by molar-refractivity contribution is 6.35. The molecule has 0 unspecified atom stereocenters. The van der Waals surface area contributed by atoms with Crippen molar-refractivity contribution in [2.24, 2.45) is 0 Å². The number of carboxylic acids is 1. The minimum Gasteiger partial charge on any atom is -0.480 e.